The van der Waals surface area contributed by atoms with Crippen molar-refractivity contribution in [1.82, 2.24) is 5.48 Å². The molecule has 0 aliphatic heterocycles. The molecule has 2 atom stereocenters. The molecule has 0 unspecified atom stereocenters. The summed E-state index contributed by atoms with van der Waals surface area (Å²) in [5.41, 5.74) is 4.40. The van der Waals surface area contributed by atoms with Gasteiger partial charge in [0.25, 0.3) is 8.32 Å². The van der Waals surface area contributed by atoms with Gasteiger partial charge >= 0.3 is 0 Å². The topological polar surface area (TPSA) is 38.3 Å². The molecule has 1 aliphatic rings. The molecule has 5 heteroatoms. The second-order valence-electron chi connectivity index (χ2n) is 10.8. The fourth-order valence-electron chi connectivity index (χ4n) is 5.42. The van der Waals surface area contributed by atoms with Gasteiger partial charge in [-0.05, 0) is 46.0 Å². The molecule has 3 aromatic rings. The molecule has 190 valence electrons. The normalized spacial score (nSPS) is 18.5. The third-order valence-corrected chi connectivity index (χ3v) is 13.6. The Balaban J connectivity index is 1.52. The lowest BCUT2D eigenvalue weighted by Crippen LogP contribution is -2.69. The number of hydrogen-bond donors (Lipinski definition) is 1. The third-order valence-electron chi connectivity index (χ3n) is 7.33. The molecule has 3 nitrogen and oxygen atoms in total. The van der Waals surface area contributed by atoms with E-state index in [1.165, 1.54) is 22.4 Å². The molecule has 36 heavy (non-hydrogen) atoms. The molecule has 4 rings (SSSR count). The van der Waals surface area contributed by atoms with E-state index in [-0.39, 0.29) is 16.9 Å². The van der Waals surface area contributed by atoms with Crippen molar-refractivity contribution in [2.45, 2.75) is 63.2 Å². The second-order valence-corrected chi connectivity index (χ2v) is 16.3. The van der Waals surface area contributed by atoms with Gasteiger partial charge in [0.1, 0.15) is 0 Å². The molecule has 0 spiro atoms. The van der Waals surface area contributed by atoms with Gasteiger partial charge in [-0.3, -0.25) is 4.79 Å². The van der Waals surface area contributed by atoms with E-state index in [2.05, 4.69) is 105 Å². The summed E-state index contributed by atoms with van der Waals surface area (Å²) in [6, 6.07) is 31.6. The van der Waals surface area contributed by atoms with Crippen molar-refractivity contribution in [2.24, 2.45) is 5.92 Å². The first-order valence-electron chi connectivity index (χ1n) is 13.2. The van der Waals surface area contributed by atoms with Crippen LogP contribution in [0.25, 0.3) is 0 Å². The number of carbonyl (C=O) groups is 1. The first-order valence-corrected chi connectivity index (χ1v) is 16.1. The Morgan fingerprint density at radius 3 is 1.94 bits per heavy atom. The number of rotatable bonds is 9. The molecule has 0 aromatic heterocycles. The Bertz CT molecular complexity index is 1050. The summed E-state index contributed by atoms with van der Waals surface area (Å²) < 4.78 is 6.73. The summed E-state index contributed by atoms with van der Waals surface area (Å²) in [7, 11) is -2.81. The van der Waals surface area contributed by atoms with Crippen LogP contribution in [0.2, 0.25) is 5.04 Å². The Morgan fingerprint density at radius 1 is 0.861 bits per heavy atom. The zero-order valence-electron chi connectivity index (χ0n) is 21.8. The summed E-state index contributed by atoms with van der Waals surface area (Å²) in [5.74, 6) is 1.06. The van der Waals surface area contributed by atoms with E-state index in [1.54, 1.807) is 0 Å². The van der Waals surface area contributed by atoms with E-state index in [0.717, 1.165) is 31.4 Å². The summed E-state index contributed by atoms with van der Waals surface area (Å²) in [4.78, 5) is 13.7. The van der Waals surface area contributed by atoms with E-state index in [0.29, 0.717) is 5.25 Å². The SMILES string of the molecule is CC(C)(C)[Si](ONC(=O)[C@@H]1CCCC[C@@H]1SCCc1ccccc1)(c1ccccc1)c1ccccc1. The monoisotopic (exact) mass is 517 g/mol. The number of benzene rings is 3. The zero-order valence-corrected chi connectivity index (χ0v) is 23.6. The fraction of sp³-hybridized carbons (Fsp3) is 0.387. The minimum atomic E-state index is -2.81. The average Bonchev–Trinajstić information content (AvgIpc) is 2.90. The van der Waals surface area contributed by atoms with E-state index in [4.69, 9.17) is 4.53 Å². The van der Waals surface area contributed by atoms with E-state index in [1.807, 2.05) is 23.9 Å². The van der Waals surface area contributed by atoms with Gasteiger partial charge in [0, 0.05) is 5.25 Å². The Kier molecular flexibility index (Phi) is 9.10. The van der Waals surface area contributed by atoms with Gasteiger partial charge in [0.15, 0.2) is 0 Å². The van der Waals surface area contributed by atoms with Gasteiger partial charge in [-0.25, -0.2) is 5.48 Å². The van der Waals surface area contributed by atoms with Gasteiger partial charge in [-0.15, -0.1) is 0 Å². The van der Waals surface area contributed by atoms with Crippen LogP contribution in [0, 0.1) is 5.92 Å². The summed E-state index contributed by atoms with van der Waals surface area (Å²) in [6.45, 7) is 6.69. The highest BCUT2D eigenvalue weighted by atomic mass is 32.2. The molecule has 1 fully saturated rings. The number of hydroxylamine groups is 1. The molecule has 1 N–H and O–H groups in total. The molecule has 0 heterocycles. The predicted molar refractivity (Wildman–Crippen MR) is 155 cm³/mol. The van der Waals surface area contributed by atoms with Crippen molar-refractivity contribution in [3.05, 3.63) is 96.6 Å². The Morgan fingerprint density at radius 2 is 1.39 bits per heavy atom. The van der Waals surface area contributed by atoms with Crippen LogP contribution >= 0.6 is 11.8 Å². The van der Waals surface area contributed by atoms with Crippen molar-refractivity contribution < 1.29 is 9.32 Å². The average molecular weight is 518 g/mol. The molecule has 0 radical (unpaired) electrons. The molecular formula is C31H39NO2SSi. The fourth-order valence-corrected chi connectivity index (χ4v) is 11.1. The lowest BCUT2D eigenvalue weighted by molar-refractivity contribution is -0.133. The maximum atomic E-state index is 13.7. The van der Waals surface area contributed by atoms with Crippen molar-refractivity contribution >= 4 is 36.4 Å². The predicted octanol–water partition coefficient (Wildman–Crippen LogP) is 6.13. The number of hydrogen-bond acceptors (Lipinski definition) is 3. The first kappa shape index (κ1) is 26.7. The Labute approximate surface area is 222 Å². The minimum absolute atomic E-state index is 0.0160. The van der Waals surface area contributed by atoms with Crippen LogP contribution in [-0.2, 0) is 15.7 Å². The van der Waals surface area contributed by atoms with Gasteiger partial charge in [0.2, 0.25) is 5.91 Å². The highest BCUT2D eigenvalue weighted by molar-refractivity contribution is 7.99. The molecule has 1 aliphatic carbocycles. The van der Waals surface area contributed by atoms with Crippen molar-refractivity contribution in [3.63, 3.8) is 0 Å². The van der Waals surface area contributed by atoms with E-state index >= 15 is 0 Å². The van der Waals surface area contributed by atoms with Crippen LogP contribution in [0.1, 0.15) is 52.0 Å². The van der Waals surface area contributed by atoms with Crippen LogP contribution in [0.3, 0.4) is 0 Å². The summed E-state index contributed by atoms with van der Waals surface area (Å²) >= 11 is 1.96. The van der Waals surface area contributed by atoms with Gasteiger partial charge in [-0.1, -0.05) is 125 Å². The standard InChI is InChI=1S/C31H39NO2SSi/c1-31(2,3)36(26-17-9-5-10-18-26,27-19-11-6-12-20-27)34-32-30(33)28-21-13-14-22-29(28)35-24-23-25-15-7-4-8-16-25/h4-12,15-20,28-29H,13-14,21-24H2,1-3H3,(H,32,33)/t28-,29+/m1/s1. The maximum Gasteiger partial charge on any atom is 0.295 e. The van der Waals surface area contributed by atoms with Crippen LogP contribution < -0.4 is 15.9 Å². The van der Waals surface area contributed by atoms with E-state index in [9.17, 15) is 4.79 Å². The number of thioether (sulfide) groups is 1. The molecule has 1 amide bonds. The Hall–Kier alpha value is -2.34. The third kappa shape index (κ3) is 6.13. The number of amides is 1. The van der Waals surface area contributed by atoms with Gasteiger partial charge < -0.3 is 4.53 Å². The van der Waals surface area contributed by atoms with Crippen molar-refractivity contribution in [1.29, 1.82) is 0 Å². The summed E-state index contributed by atoms with van der Waals surface area (Å²) in [5, 5.41) is 2.49. The number of nitrogens with one attached hydrogen (secondary N) is 1. The molecule has 0 bridgehead atoms. The lowest BCUT2D eigenvalue weighted by Gasteiger charge is -2.42. The highest BCUT2D eigenvalue weighted by Gasteiger charge is 2.52. The second kappa shape index (κ2) is 12.3. The van der Waals surface area contributed by atoms with Crippen LogP contribution in [-0.4, -0.2) is 25.2 Å². The summed E-state index contributed by atoms with van der Waals surface area (Å²) in [6.07, 6.45) is 5.36. The highest BCUT2D eigenvalue weighted by Crippen LogP contribution is 2.37. The number of carbonyl (C=O) groups excluding carboxylic acids is 1. The van der Waals surface area contributed by atoms with Gasteiger partial charge in [-0.2, -0.15) is 11.8 Å². The van der Waals surface area contributed by atoms with E-state index < -0.39 is 8.32 Å². The largest absolute Gasteiger partial charge is 0.308 e. The van der Waals surface area contributed by atoms with Gasteiger partial charge in [0.05, 0.1) is 5.92 Å². The molecule has 3 aromatic carbocycles. The quantitative estimate of drug-likeness (QED) is 0.274. The molecular weight excluding hydrogens is 478 g/mol. The smallest absolute Gasteiger partial charge is 0.295 e. The zero-order chi connectivity index (χ0) is 25.4. The molecule has 1 saturated carbocycles. The number of aryl methyl sites for hydroxylation is 1. The van der Waals surface area contributed by atoms with Crippen LogP contribution in [0.4, 0.5) is 0 Å². The first-order chi connectivity index (χ1) is 17.4. The lowest BCUT2D eigenvalue weighted by atomic mass is 9.88. The van der Waals surface area contributed by atoms with Crippen molar-refractivity contribution in [3.8, 4) is 0 Å². The minimum Gasteiger partial charge on any atom is -0.308 e. The maximum absolute atomic E-state index is 13.7. The van der Waals surface area contributed by atoms with Crippen LogP contribution in [0.5, 0.6) is 0 Å². The molecule has 0 saturated heterocycles. The van der Waals surface area contributed by atoms with Crippen LogP contribution in [0.15, 0.2) is 91.0 Å². The van der Waals surface area contributed by atoms with Crippen molar-refractivity contribution in [2.75, 3.05) is 5.75 Å².